The number of carbonyl (C=O) groups excluding carboxylic acids is 3. The summed E-state index contributed by atoms with van der Waals surface area (Å²) >= 11 is 0. The zero-order chi connectivity index (χ0) is 26.8. The summed E-state index contributed by atoms with van der Waals surface area (Å²) in [5.41, 5.74) is 1.57. The summed E-state index contributed by atoms with van der Waals surface area (Å²) in [5, 5.41) is 30.1. The average Bonchev–Trinajstić information content (AvgIpc) is 3.42. The summed E-state index contributed by atoms with van der Waals surface area (Å²) in [7, 11) is 0. The molecule has 198 valence electrons. The Balaban J connectivity index is 1.81. The molecule has 1 aliphatic heterocycles. The van der Waals surface area contributed by atoms with E-state index < -0.39 is 48.1 Å². The topological polar surface area (TPSA) is 157 Å². The van der Waals surface area contributed by atoms with Crippen molar-refractivity contribution >= 4 is 23.7 Å². The number of amides is 3. The molecule has 0 aromatic heterocycles. The predicted octanol–water partition coefficient (Wildman–Crippen LogP) is 0.144. The molecule has 0 bridgehead atoms. The minimum Gasteiger partial charge on any atom is -0.480 e. The van der Waals surface area contributed by atoms with Crippen LogP contribution in [0, 0.1) is 0 Å². The van der Waals surface area contributed by atoms with Gasteiger partial charge < -0.3 is 31.5 Å². The van der Waals surface area contributed by atoms with Crippen molar-refractivity contribution < 1.29 is 29.4 Å². The third kappa shape index (κ3) is 8.40. The lowest BCUT2D eigenvalue weighted by atomic mass is 10.0. The van der Waals surface area contributed by atoms with E-state index in [1.54, 1.807) is 24.3 Å². The van der Waals surface area contributed by atoms with E-state index in [0.717, 1.165) is 24.1 Å². The molecule has 10 nitrogen and oxygen atoms in total. The van der Waals surface area contributed by atoms with E-state index in [2.05, 4.69) is 21.3 Å². The molecule has 5 atom stereocenters. The summed E-state index contributed by atoms with van der Waals surface area (Å²) in [4.78, 5) is 50.9. The number of hydrogen-bond acceptors (Lipinski definition) is 6. The van der Waals surface area contributed by atoms with Gasteiger partial charge in [-0.3, -0.25) is 14.4 Å². The van der Waals surface area contributed by atoms with E-state index in [0.29, 0.717) is 6.42 Å². The molecule has 0 radical (unpaired) electrons. The number of carbonyl (C=O) groups is 4. The van der Waals surface area contributed by atoms with Crippen molar-refractivity contribution in [2.75, 3.05) is 6.54 Å². The van der Waals surface area contributed by atoms with Gasteiger partial charge in [-0.15, -0.1) is 0 Å². The summed E-state index contributed by atoms with van der Waals surface area (Å²) in [5.74, 6) is -3.02. The van der Waals surface area contributed by atoms with Gasteiger partial charge in [0, 0.05) is 12.8 Å². The highest BCUT2D eigenvalue weighted by atomic mass is 16.4. The van der Waals surface area contributed by atoms with Gasteiger partial charge >= 0.3 is 5.97 Å². The van der Waals surface area contributed by atoms with E-state index in [9.17, 15) is 29.4 Å². The van der Waals surface area contributed by atoms with Crippen LogP contribution < -0.4 is 21.3 Å². The second-order valence-electron chi connectivity index (χ2n) is 9.22. The number of carboxylic acid groups (broad SMARTS) is 1. The van der Waals surface area contributed by atoms with E-state index in [1.165, 1.54) is 6.92 Å². The van der Waals surface area contributed by atoms with Crippen LogP contribution in [0.15, 0.2) is 60.7 Å². The van der Waals surface area contributed by atoms with Gasteiger partial charge in [0.25, 0.3) is 0 Å². The number of carboxylic acids is 1. The number of aliphatic hydroxyl groups excluding tert-OH is 1. The number of benzene rings is 2. The first-order valence-corrected chi connectivity index (χ1v) is 12.4. The first-order chi connectivity index (χ1) is 17.7. The Kier molecular flexibility index (Phi) is 10.2. The number of aliphatic carboxylic acids is 1. The first-order valence-electron chi connectivity index (χ1n) is 12.4. The normalized spacial score (nSPS) is 18.2. The molecule has 0 aliphatic carbocycles. The van der Waals surface area contributed by atoms with Gasteiger partial charge in [-0.05, 0) is 37.4 Å². The largest absolute Gasteiger partial charge is 0.480 e. The molecule has 5 unspecified atom stereocenters. The number of aliphatic hydroxyl groups is 1. The zero-order valence-corrected chi connectivity index (χ0v) is 20.7. The van der Waals surface area contributed by atoms with Crippen LogP contribution in [0.4, 0.5) is 0 Å². The Bertz CT molecular complexity index is 1060. The fraction of sp³-hybridized carbons (Fsp3) is 0.407. The van der Waals surface area contributed by atoms with E-state index in [1.807, 2.05) is 36.4 Å². The number of rotatable bonds is 12. The molecule has 2 aromatic carbocycles. The van der Waals surface area contributed by atoms with Crippen LogP contribution in [-0.2, 0) is 32.0 Å². The minimum atomic E-state index is -1.55. The molecule has 37 heavy (non-hydrogen) atoms. The molecule has 6 N–H and O–H groups in total. The van der Waals surface area contributed by atoms with Gasteiger partial charge in [-0.1, -0.05) is 60.7 Å². The average molecular weight is 511 g/mol. The lowest BCUT2D eigenvalue weighted by molar-refractivity contribution is -0.145. The number of hydrogen-bond donors (Lipinski definition) is 6. The molecule has 1 heterocycles. The van der Waals surface area contributed by atoms with Crippen molar-refractivity contribution in [3.05, 3.63) is 71.8 Å². The first kappa shape index (κ1) is 27.8. The molecule has 2 aromatic rings. The lowest BCUT2D eigenvalue weighted by Gasteiger charge is -2.26. The summed E-state index contributed by atoms with van der Waals surface area (Å²) in [6.45, 7) is 1.98. The van der Waals surface area contributed by atoms with Crippen LogP contribution in [0.25, 0.3) is 0 Å². The molecule has 0 saturated carbocycles. The molecule has 10 heteroatoms. The molecule has 1 fully saturated rings. The Hall–Kier alpha value is -3.76. The van der Waals surface area contributed by atoms with Crippen molar-refractivity contribution in [1.82, 2.24) is 21.3 Å². The fourth-order valence-corrected chi connectivity index (χ4v) is 4.21. The maximum absolute atomic E-state index is 13.5. The highest BCUT2D eigenvalue weighted by molar-refractivity contribution is 5.94. The van der Waals surface area contributed by atoms with Gasteiger partial charge in [0.15, 0.2) is 6.04 Å². The molecule has 3 amide bonds. The summed E-state index contributed by atoms with van der Waals surface area (Å²) in [6, 6.07) is 14.1. The maximum Gasteiger partial charge on any atom is 0.328 e. The van der Waals surface area contributed by atoms with Gasteiger partial charge in [0.05, 0.1) is 12.1 Å². The summed E-state index contributed by atoms with van der Waals surface area (Å²) in [6.07, 6.45) is 0.469. The standard InChI is InChI=1S/C27H34N4O6/c1-17(32)23(27(36)37)31-26(35)22(16-19-11-6-3-7-12-19)30-25(34)21(15-18-9-4-2-5-10-18)29-24(33)20-13-8-14-28-20/h2-7,9-12,17,20-23,28,32H,8,13-16H2,1H3,(H,29,33)(H,30,34)(H,31,35)(H,36,37). The maximum atomic E-state index is 13.5. The van der Waals surface area contributed by atoms with Crippen molar-refractivity contribution in [3.63, 3.8) is 0 Å². The van der Waals surface area contributed by atoms with Crippen LogP contribution in [0.2, 0.25) is 0 Å². The van der Waals surface area contributed by atoms with Crippen LogP contribution >= 0.6 is 0 Å². The fourth-order valence-electron chi connectivity index (χ4n) is 4.21. The van der Waals surface area contributed by atoms with Crippen molar-refractivity contribution in [2.45, 2.75) is 62.9 Å². The smallest absolute Gasteiger partial charge is 0.328 e. The van der Waals surface area contributed by atoms with Gasteiger partial charge in [0.2, 0.25) is 17.7 Å². The number of nitrogens with one attached hydrogen (secondary N) is 4. The molecule has 3 rings (SSSR count). The second kappa shape index (κ2) is 13.5. The summed E-state index contributed by atoms with van der Waals surface area (Å²) < 4.78 is 0. The van der Waals surface area contributed by atoms with Crippen LogP contribution in [-0.4, -0.2) is 70.7 Å². The lowest BCUT2D eigenvalue weighted by Crippen LogP contribution is -2.59. The second-order valence-corrected chi connectivity index (χ2v) is 9.22. The molecular weight excluding hydrogens is 476 g/mol. The van der Waals surface area contributed by atoms with Gasteiger partial charge in [0.1, 0.15) is 12.1 Å². The van der Waals surface area contributed by atoms with E-state index in [-0.39, 0.29) is 18.7 Å². The molecule has 0 spiro atoms. The quantitative estimate of drug-likeness (QED) is 0.237. The van der Waals surface area contributed by atoms with Crippen molar-refractivity contribution in [3.8, 4) is 0 Å². The molecule has 1 aliphatic rings. The van der Waals surface area contributed by atoms with Gasteiger partial charge in [-0.2, -0.15) is 0 Å². The van der Waals surface area contributed by atoms with E-state index in [4.69, 9.17) is 0 Å². The Morgan fingerprint density at radius 3 is 1.84 bits per heavy atom. The molecule has 1 saturated heterocycles. The Labute approximate surface area is 215 Å². The Morgan fingerprint density at radius 1 is 0.865 bits per heavy atom. The van der Waals surface area contributed by atoms with Crippen LogP contribution in [0.1, 0.15) is 30.9 Å². The highest BCUT2D eigenvalue weighted by Gasteiger charge is 2.32. The van der Waals surface area contributed by atoms with Crippen LogP contribution in [0.5, 0.6) is 0 Å². The van der Waals surface area contributed by atoms with Crippen LogP contribution in [0.3, 0.4) is 0 Å². The monoisotopic (exact) mass is 510 g/mol. The van der Waals surface area contributed by atoms with E-state index >= 15 is 0 Å². The third-order valence-corrected chi connectivity index (χ3v) is 6.25. The van der Waals surface area contributed by atoms with Crippen molar-refractivity contribution in [1.29, 1.82) is 0 Å². The van der Waals surface area contributed by atoms with Crippen molar-refractivity contribution in [2.24, 2.45) is 0 Å². The van der Waals surface area contributed by atoms with Gasteiger partial charge in [-0.25, -0.2) is 4.79 Å². The zero-order valence-electron chi connectivity index (χ0n) is 20.7. The minimum absolute atomic E-state index is 0.0841. The molecular formula is C27H34N4O6. The highest BCUT2D eigenvalue weighted by Crippen LogP contribution is 2.10. The SMILES string of the molecule is CC(O)C(NC(=O)C(Cc1ccccc1)NC(=O)C(Cc1ccccc1)NC(=O)C1CCCN1)C(=O)O. The predicted molar refractivity (Wildman–Crippen MR) is 136 cm³/mol. The Morgan fingerprint density at radius 2 is 1.38 bits per heavy atom. The third-order valence-electron chi connectivity index (χ3n) is 6.25.